The lowest BCUT2D eigenvalue weighted by Crippen LogP contribution is -1.89. The summed E-state index contributed by atoms with van der Waals surface area (Å²) in [6, 6.07) is 6.97. The van der Waals surface area contributed by atoms with Gasteiger partial charge in [-0.25, -0.2) is 4.57 Å². The highest BCUT2D eigenvalue weighted by molar-refractivity contribution is 7.17. The van der Waals surface area contributed by atoms with Gasteiger partial charge in [0.05, 0.1) is 0 Å². The summed E-state index contributed by atoms with van der Waals surface area (Å²) in [5.41, 5.74) is -0.151. The minimum absolute atomic E-state index is 0.454. The zero-order valence-electron chi connectivity index (χ0n) is 5.91. The summed E-state index contributed by atoms with van der Waals surface area (Å²) in [6.07, 6.45) is 0. The van der Waals surface area contributed by atoms with Crippen LogP contribution >= 0.6 is 31.9 Å². The van der Waals surface area contributed by atoms with Gasteiger partial charge >= 0.3 is 8.69 Å². The average molecular weight is 223 g/mol. The molecular formula is C7H5Cl2O2P. The third kappa shape index (κ3) is 2.43. The van der Waals surface area contributed by atoms with Gasteiger partial charge in [0.1, 0.15) is 0 Å². The van der Waals surface area contributed by atoms with Crippen LogP contribution in [0.1, 0.15) is 11.1 Å². The predicted molar refractivity (Wildman–Crippen MR) is 48.7 cm³/mol. The van der Waals surface area contributed by atoms with Gasteiger partial charge in [-0.1, -0.05) is 41.4 Å². The molecule has 1 aromatic carbocycles. The van der Waals surface area contributed by atoms with E-state index in [9.17, 15) is 4.57 Å². The van der Waals surface area contributed by atoms with E-state index in [0.717, 1.165) is 0 Å². The molecule has 1 atom stereocenters. The zero-order chi connectivity index (χ0) is 8.97. The van der Waals surface area contributed by atoms with Crippen molar-refractivity contribution in [2.75, 3.05) is 0 Å². The molecule has 0 bridgehead atoms. The Kier molecular flexibility index (Phi) is 3.96. The molecule has 0 heterocycles. The molecule has 0 aliphatic rings. The highest BCUT2D eigenvalue weighted by Crippen LogP contribution is 2.30. The van der Waals surface area contributed by atoms with Gasteiger partial charge in [-0.3, -0.25) is 4.52 Å². The van der Waals surface area contributed by atoms with Crippen molar-refractivity contribution in [2.45, 2.75) is 5.56 Å². The van der Waals surface area contributed by atoms with Gasteiger partial charge in [0.25, 0.3) is 0 Å². The number of hydrogen-bond donors (Lipinski definition) is 0. The number of benzene rings is 1. The molecule has 0 aromatic heterocycles. The van der Waals surface area contributed by atoms with E-state index in [2.05, 4.69) is 4.52 Å². The Morgan fingerprint density at radius 2 is 2.08 bits per heavy atom. The van der Waals surface area contributed by atoms with Crippen LogP contribution in [-0.4, -0.2) is 0 Å². The van der Waals surface area contributed by atoms with E-state index < -0.39 is 14.3 Å². The first-order valence-corrected chi connectivity index (χ1v) is 4.67. The van der Waals surface area contributed by atoms with Crippen LogP contribution in [0.2, 0.25) is 5.02 Å². The van der Waals surface area contributed by atoms with Crippen LogP contribution in [0.4, 0.5) is 0 Å². The SMILES string of the molecule is O=POC(Cl)c1ccccc1Cl. The summed E-state index contributed by atoms with van der Waals surface area (Å²) in [5, 5.41) is 0.501. The molecule has 0 spiro atoms. The van der Waals surface area contributed by atoms with Crippen LogP contribution in [0, 0.1) is 0 Å². The molecule has 0 aliphatic heterocycles. The molecule has 1 rings (SSSR count). The monoisotopic (exact) mass is 222 g/mol. The van der Waals surface area contributed by atoms with Gasteiger partial charge in [0.2, 0.25) is 0 Å². The fraction of sp³-hybridized carbons (Fsp3) is 0.143. The molecule has 0 saturated heterocycles. The van der Waals surface area contributed by atoms with Crippen molar-refractivity contribution in [1.82, 2.24) is 0 Å². The van der Waals surface area contributed by atoms with Crippen LogP contribution in [0.15, 0.2) is 24.3 Å². The average Bonchev–Trinajstić information content (AvgIpc) is 2.05. The van der Waals surface area contributed by atoms with E-state index in [1.54, 1.807) is 24.3 Å². The second kappa shape index (κ2) is 4.78. The second-order valence-electron chi connectivity index (χ2n) is 2.02. The van der Waals surface area contributed by atoms with Gasteiger partial charge in [-0.05, 0) is 6.07 Å². The lowest BCUT2D eigenvalue weighted by atomic mass is 10.2. The lowest BCUT2D eigenvalue weighted by molar-refractivity contribution is 0.314. The Bertz CT molecular complexity index is 280. The summed E-state index contributed by atoms with van der Waals surface area (Å²) in [6.45, 7) is 0. The third-order valence-corrected chi connectivity index (χ3v) is 2.37. The molecule has 0 aliphatic carbocycles. The largest absolute Gasteiger partial charge is 0.329 e. The van der Waals surface area contributed by atoms with E-state index in [4.69, 9.17) is 23.2 Å². The van der Waals surface area contributed by atoms with Crippen LogP contribution in [0.5, 0.6) is 0 Å². The molecular weight excluding hydrogens is 218 g/mol. The quantitative estimate of drug-likeness (QED) is 0.575. The number of rotatable bonds is 3. The van der Waals surface area contributed by atoms with E-state index in [1.165, 1.54) is 0 Å². The van der Waals surface area contributed by atoms with Crippen molar-refractivity contribution in [3.63, 3.8) is 0 Å². The molecule has 5 heteroatoms. The first-order chi connectivity index (χ1) is 5.75. The fourth-order valence-electron chi connectivity index (χ4n) is 0.754. The maximum atomic E-state index is 10.0. The Balaban J connectivity index is 2.86. The molecule has 0 saturated carbocycles. The number of hydrogen-bond acceptors (Lipinski definition) is 2. The minimum Gasteiger partial charge on any atom is -0.270 e. The second-order valence-corrected chi connectivity index (χ2v) is 3.18. The molecule has 0 fully saturated rings. The number of halogens is 2. The number of alkyl halides is 1. The van der Waals surface area contributed by atoms with Gasteiger partial charge < -0.3 is 0 Å². The van der Waals surface area contributed by atoms with E-state index in [0.29, 0.717) is 10.6 Å². The lowest BCUT2D eigenvalue weighted by Gasteiger charge is -2.06. The highest BCUT2D eigenvalue weighted by atomic mass is 35.5. The summed E-state index contributed by atoms with van der Waals surface area (Å²) >= 11 is 11.5. The van der Waals surface area contributed by atoms with Crippen molar-refractivity contribution in [3.8, 4) is 0 Å². The Labute approximate surface area is 81.7 Å². The topological polar surface area (TPSA) is 26.3 Å². The highest BCUT2D eigenvalue weighted by Gasteiger charge is 2.10. The first-order valence-electron chi connectivity index (χ1n) is 3.12. The minimum atomic E-state index is -0.766. The van der Waals surface area contributed by atoms with Crippen molar-refractivity contribution >= 4 is 31.9 Å². The molecule has 1 aromatic rings. The van der Waals surface area contributed by atoms with E-state index in [-0.39, 0.29) is 0 Å². The molecule has 2 nitrogen and oxygen atoms in total. The predicted octanol–water partition coefficient (Wildman–Crippen LogP) is 3.80. The van der Waals surface area contributed by atoms with Crippen LogP contribution < -0.4 is 0 Å². The standard InChI is InChI=1S/C7H5Cl2O2P/c8-6-4-2-1-3-5(6)7(9)11-12-10/h1-4,7H. The normalized spacial score (nSPS) is 13.2. The summed E-state index contributed by atoms with van der Waals surface area (Å²) < 4.78 is 14.7. The molecule has 64 valence electrons. The molecule has 12 heavy (non-hydrogen) atoms. The Morgan fingerprint density at radius 1 is 1.42 bits per heavy atom. The van der Waals surface area contributed by atoms with Gasteiger partial charge in [0, 0.05) is 10.6 Å². The molecule has 0 N–H and O–H groups in total. The third-order valence-electron chi connectivity index (χ3n) is 1.29. The van der Waals surface area contributed by atoms with Crippen LogP contribution in [0.25, 0.3) is 0 Å². The first kappa shape index (κ1) is 9.94. The maximum Gasteiger partial charge on any atom is 0.329 e. The maximum absolute atomic E-state index is 10.0. The molecule has 0 radical (unpaired) electrons. The van der Waals surface area contributed by atoms with Crippen LogP contribution in [-0.2, 0) is 9.09 Å². The van der Waals surface area contributed by atoms with Crippen molar-refractivity contribution in [3.05, 3.63) is 34.9 Å². The van der Waals surface area contributed by atoms with E-state index in [1.807, 2.05) is 0 Å². The van der Waals surface area contributed by atoms with Crippen molar-refractivity contribution in [2.24, 2.45) is 0 Å². The summed E-state index contributed by atoms with van der Waals surface area (Å²) in [5.74, 6) is 0. The smallest absolute Gasteiger partial charge is 0.270 e. The Morgan fingerprint density at radius 3 is 2.67 bits per heavy atom. The molecule has 0 amide bonds. The molecule has 1 unspecified atom stereocenters. The van der Waals surface area contributed by atoms with Crippen molar-refractivity contribution < 1.29 is 9.09 Å². The van der Waals surface area contributed by atoms with E-state index >= 15 is 0 Å². The fourth-order valence-corrected chi connectivity index (χ4v) is 1.52. The summed E-state index contributed by atoms with van der Waals surface area (Å²) in [7, 11) is -0.454. The van der Waals surface area contributed by atoms with Gasteiger partial charge in [0.15, 0.2) is 5.56 Å². The zero-order valence-corrected chi connectivity index (χ0v) is 8.31. The van der Waals surface area contributed by atoms with Crippen molar-refractivity contribution in [1.29, 1.82) is 0 Å². The summed E-state index contributed by atoms with van der Waals surface area (Å²) in [4.78, 5) is 0. The van der Waals surface area contributed by atoms with Gasteiger partial charge in [-0.15, -0.1) is 0 Å². The van der Waals surface area contributed by atoms with Gasteiger partial charge in [-0.2, -0.15) is 0 Å². The Hall–Kier alpha value is -0.140. The van der Waals surface area contributed by atoms with Crippen LogP contribution in [0.3, 0.4) is 0 Å².